The molecule has 0 radical (unpaired) electrons. The summed E-state index contributed by atoms with van der Waals surface area (Å²) in [4.78, 5) is 11.4. The van der Waals surface area contributed by atoms with E-state index in [9.17, 15) is 13.6 Å². The molecule has 100 valence electrons. The molecular formula is C13H18F2N2O. The first kappa shape index (κ1) is 14.6. The van der Waals surface area contributed by atoms with Crippen LogP contribution in [0, 0.1) is 0 Å². The van der Waals surface area contributed by atoms with E-state index in [0.29, 0.717) is 6.54 Å². The minimum atomic E-state index is -2.98. The molecule has 1 unspecified atom stereocenters. The summed E-state index contributed by atoms with van der Waals surface area (Å²) in [6, 6.07) is 6.92. The molecule has 0 aromatic heterocycles. The Balaban J connectivity index is 2.54. The van der Waals surface area contributed by atoms with Crippen LogP contribution < -0.4 is 10.6 Å². The number of alkyl halides is 2. The zero-order valence-electron chi connectivity index (χ0n) is 10.5. The van der Waals surface area contributed by atoms with Crippen LogP contribution in [-0.4, -0.2) is 25.0 Å². The standard InChI is InChI=1S/C13H18F2N2O/c1-3-16-12(18)10(2)17-9-13(14,15)11-7-5-4-6-8-11/h4-8,10,17H,3,9H2,1-2H3,(H,16,18). The quantitative estimate of drug-likeness (QED) is 0.816. The molecular weight excluding hydrogens is 238 g/mol. The highest BCUT2D eigenvalue weighted by atomic mass is 19.3. The van der Waals surface area contributed by atoms with Crippen molar-refractivity contribution >= 4 is 5.91 Å². The smallest absolute Gasteiger partial charge is 0.285 e. The average molecular weight is 256 g/mol. The highest BCUT2D eigenvalue weighted by molar-refractivity contribution is 5.81. The number of hydrogen-bond acceptors (Lipinski definition) is 2. The van der Waals surface area contributed by atoms with Gasteiger partial charge in [0.1, 0.15) is 0 Å². The number of halogens is 2. The van der Waals surface area contributed by atoms with Crippen LogP contribution in [0.25, 0.3) is 0 Å². The Labute approximate surface area is 106 Å². The molecule has 1 aromatic rings. The minimum absolute atomic E-state index is 0.0550. The Morgan fingerprint density at radius 2 is 1.94 bits per heavy atom. The summed E-state index contributed by atoms with van der Waals surface area (Å²) in [5.41, 5.74) is -0.0550. The predicted molar refractivity (Wildman–Crippen MR) is 66.5 cm³/mol. The summed E-state index contributed by atoms with van der Waals surface area (Å²) in [5, 5.41) is 5.12. The van der Waals surface area contributed by atoms with Crippen LogP contribution in [0.4, 0.5) is 8.78 Å². The van der Waals surface area contributed by atoms with Crippen molar-refractivity contribution in [2.24, 2.45) is 0 Å². The highest BCUT2D eigenvalue weighted by Gasteiger charge is 2.31. The van der Waals surface area contributed by atoms with Crippen molar-refractivity contribution in [1.29, 1.82) is 0 Å². The summed E-state index contributed by atoms with van der Waals surface area (Å²) in [7, 11) is 0. The molecule has 0 bridgehead atoms. The maximum absolute atomic E-state index is 13.8. The summed E-state index contributed by atoms with van der Waals surface area (Å²) < 4.78 is 27.5. The Morgan fingerprint density at radius 1 is 1.33 bits per heavy atom. The zero-order valence-corrected chi connectivity index (χ0v) is 10.5. The van der Waals surface area contributed by atoms with Gasteiger partial charge in [0.15, 0.2) is 0 Å². The molecule has 0 fully saturated rings. The Bertz CT molecular complexity index is 382. The first-order valence-electron chi connectivity index (χ1n) is 5.92. The molecule has 2 N–H and O–H groups in total. The molecule has 5 heteroatoms. The van der Waals surface area contributed by atoms with E-state index < -0.39 is 18.5 Å². The van der Waals surface area contributed by atoms with Crippen LogP contribution in [0.1, 0.15) is 19.4 Å². The van der Waals surface area contributed by atoms with Crippen molar-refractivity contribution in [1.82, 2.24) is 10.6 Å². The van der Waals surface area contributed by atoms with Crippen molar-refractivity contribution in [3.63, 3.8) is 0 Å². The van der Waals surface area contributed by atoms with Crippen LogP contribution in [0.3, 0.4) is 0 Å². The molecule has 1 rings (SSSR count). The topological polar surface area (TPSA) is 41.1 Å². The van der Waals surface area contributed by atoms with Crippen molar-refractivity contribution in [2.45, 2.75) is 25.8 Å². The van der Waals surface area contributed by atoms with Gasteiger partial charge in [-0.05, 0) is 13.8 Å². The molecule has 0 saturated heterocycles. The largest absolute Gasteiger partial charge is 0.355 e. The van der Waals surface area contributed by atoms with Crippen LogP contribution in [-0.2, 0) is 10.7 Å². The first-order chi connectivity index (χ1) is 8.47. The van der Waals surface area contributed by atoms with Crippen molar-refractivity contribution in [2.75, 3.05) is 13.1 Å². The van der Waals surface area contributed by atoms with Gasteiger partial charge in [-0.3, -0.25) is 4.79 Å². The number of benzene rings is 1. The van der Waals surface area contributed by atoms with Gasteiger partial charge in [0.05, 0.1) is 12.6 Å². The number of carbonyl (C=O) groups is 1. The highest BCUT2D eigenvalue weighted by Crippen LogP contribution is 2.26. The molecule has 0 aliphatic carbocycles. The molecule has 0 heterocycles. The lowest BCUT2D eigenvalue weighted by Gasteiger charge is -2.20. The minimum Gasteiger partial charge on any atom is -0.355 e. The summed E-state index contributed by atoms with van der Waals surface area (Å²) in [5.74, 6) is -3.26. The Hall–Kier alpha value is -1.49. The molecule has 0 aliphatic rings. The number of carbonyl (C=O) groups excluding carboxylic acids is 1. The fraction of sp³-hybridized carbons (Fsp3) is 0.462. The summed E-state index contributed by atoms with van der Waals surface area (Å²) >= 11 is 0. The molecule has 3 nitrogen and oxygen atoms in total. The van der Waals surface area contributed by atoms with Crippen molar-refractivity contribution in [3.8, 4) is 0 Å². The van der Waals surface area contributed by atoms with Gasteiger partial charge in [-0.15, -0.1) is 0 Å². The fourth-order valence-corrected chi connectivity index (χ4v) is 1.49. The lowest BCUT2D eigenvalue weighted by molar-refractivity contribution is -0.123. The average Bonchev–Trinajstić information content (AvgIpc) is 2.37. The SMILES string of the molecule is CCNC(=O)C(C)NCC(F)(F)c1ccccc1. The second-order valence-electron chi connectivity index (χ2n) is 4.07. The van der Waals surface area contributed by atoms with Crippen LogP contribution in [0.2, 0.25) is 0 Å². The molecule has 0 spiro atoms. The zero-order chi connectivity index (χ0) is 13.6. The van der Waals surface area contributed by atoms with Gasteiger partial charge in [0.2, 0.25) is 5.91 Å². The molecule has 18 heavy (non-hydrogen) atoms. The maximum atomic E-state index is 13.8. The second-order valence-corrected chi connectivity index (χ2v) is 4.07. The Morgan fingerprint density at radius 3 is 2.50 bits per heavy atom. The van der Waals surface area contributed by atoms with E-state index in [1.54, 1.807) is 32.0 Å². The number of likely N-dealkylation sites (N-methyl/N-ethyl adjacent to an activating group) is 1. The van der Waals surface area contributed by atoms with Gasteiger partial charge in [0.25, 0.3) is 5.92 Å². The summed E-state index contributed by atoms with van der Waals surface area (Å²) in [6.07, 6.45) is 0. The van der Waals surface area contributed by atoms with Crippen LogP contribution in [0.15, 0.2) is 30.3 Å². The maximum Gasteiger partial charge on any atom is 0.285 e. The molecule has 1 amide bonds. The van der Waals surface area contributed by atoms with Gasteiger partial charge < -0.3 is 10.6 Å². The third-order valence-electron chi connectivity index (χ3n) is 2.57. The van der Waals surface area contributed by atoms with E-state index in [1.165, 1.54) is 12.1 Å². The van der Waals surface area contributed by atoms with E-state index in [2.05, 4.69) is 10.6 Å². The number of hydrogen-bond donors (Lipinski definition) is 2. The second kappa shape index (κ2) is 6.44. The van der Waals surface area contributed by atoms with E-state index in [0.717, 1.165) is 0 Å². The first-order valence-corrected chi connectivity index (χ1v) is 5.92. The monoisotopic (exact) mass is 256 g/mol. The van der Waals surface area contributed by atoms with Crippen LogP contribution in [0.5, 0.6) is 0 Å². The number of rotatable bonds is 6. The van der Waals surface area contributed by atoms with E-state index in [1.807, 2.05) is 0 Å². The van der Waals surface area contributed by atoms with Crippen LogP contribution >= 0.6 is 0 Å². The molecule has 0 aliphatic heterocycles. The van der Waals surface area contributed by atoms with Gasteiger partial charge in [-0.1, -0.05) is 30.3 Å². The van der Waals surface area contributed by atoms with E-state index >= 15 is 0 Å². The van der Waals surface area contributed by atoms with Gasteiger partial charge in [0, 0.05) is 12.1 Å². The summed E-state index contributed by atoms with van der Waals surface area (Å²) in [6.45, 7) is 3.27. The van der Waals surface area contributed by atoms with Crippen molar-refractivity contribution in [3.05, 3.63) is 35.9 Å². The lowest BCUT2D eigenvalue weighted by Crippen LogP contribution is -2.45. The van der Waals surface area contributed by atoms with Gasteiger partial charge in [-0.25, -0.2) is 0 Å². The lowest BCUT2D eigenvalue weighted by atomic mass is 10.1. The fourth-order valence-electron chi connectivity index (χ4n) is 1.49. The van der Waals surface area contributed by atoms with Crippen molar-refractivity contribution < 1.29 is 13.6 Å². The van der Waals surface area contributed by atoms with E-state index in [4.69, 9.17) is 0 Å². The molecule has 1 aromatic carbocycles. The Kier molecular flexibility index (Phi) is 5.22. The normalized spacial score (nSPS) is 13.1. The van der Waals surface area contributed by atoms with Gasteiger partial charge >= 0.3 is 0 Å². The van der Waals surface area contributed by atoms with Gasteiger partial charge in [-0.2, -0.15) is 8.78 Å². The predicted octanol–water partition coefficient (Wildman–Crippen LogP) is 1.89. The number of nitrogens with one attached hydrogen (secondary N) is 2. The molecule has 0 saturated carbocycles. The van der Waals surface area contributed by atoms with E-state index in [-0.39, 0.29) is 11.5 Å². The third-order valence-corrected chi connectivity index (χ3v) is 2.57. The third kappa shape index (κ3) is 4.07. The molecule has 1 atom stereocenters. The number of amides is 1.